The van der Waals surface area contributed by atoms with Crippen LogP contribution in [0, 0.1) is 0 Å². The Labute approximate surface area is 174 Å². The highest BCUT2D eigenvalue weighted by atomic mass is 35.5. The van der Waals surface area contributed by atoms with E-state index in [-0.39, 0.29) is 0 Å². The number of halogens is 2. The number of fused-ring (bicyclic) bond motifs is 1. The molecule has 0 saturated carbocycles. The first-order valence-electron chi connectivity index (χ1n) is 9.16. The number of methoxy groups -OCH3 is 2. The maximum Gasteiger partial charge on any atom is 0.161 e. The number of aromatic nitrogens is 2. The molecule has 0 unspecified atom stereocenters. The van der Waals surface area contributed by atoms with Gasteiger partial charge in [0.15, 0.2) is 11.5 Å². The molecule has 4 rings (SSSR count). The Hall–Kier alpha value is -2.37. The van der Waals surface area contributed by atoms with Gasteiger partial charge in [-0.15, -0.1) is 0 Å². The minimum atomic E-state index is 0.558. The van der Waals surface area contributed by atoms with E-state index in [0.29, 0.717) is 21.5 Å². The normalized spacial score (nSPS) is 13.4. The molecule has 146 valence electrons. The van der Waals surface area contributed by atoms with Gasteiger partial charge in [0, 0.05) is 22.7 Å². The van der Waals surface area contributed by atoms with E-state index < -0.39 is 0 Å². The molecule has 0 amide bonds. The zero-order valence-electron chi connectivity index (χ0n) is 15.8. The molecular weight excluding hydrogens is 397 g/mol. The summed E-state index contributed by atoms with van der Waals surface area (Å²) >= 11 is 12.6. The van der Waals surface area contributed by atoms with Gasteiger partial charge >= 0.3 is 0 Å². The third-order valence-electron chi connectivity index (χ3n) is 4.92. The molecule has 2 aromatic carbocycles. The second-order valence-corrected chi connectivity index (χ2v) is 7.48. The average molecular weight is 418 g/mol. The van der Waals surface area contributed by atoms with Crippen molar-refractivity contribution in [3.8, 4) is 28.4 Å². The highest BCUT2D eigenvalue weighted by Crippen LogP contribution is 2.38. The van der Waals surface area contributed by atoms with Gasteiger partial charge in [0.05, 0.1) is 30.6 Å². The van der Waals surface area contributed by atoms with Crippen molar-refractivity contribution in [1.82, 2.24) is 9.78 Å². The summed E-state index contributed by atoms with van der Waals surface area (Å²) in [4.78, 5) is 0. The second kappa shape index (κ2) is 7.94. The van der Waals surface area contributed by atoms with Crippen LogP contribution in [-0.2, 0) is 6.42 Å². The van der Waals surface area contributed by atoms with Crippen LogP contribution in [0.1, 0.15) is 18.4 Å². The van der Waals surface area contributed by atoms with E-state index >= 15 is 0 Å². The molecule has 0 atom stereocenters. The summed E-state index contributed by atoms with van der Waals surface area (Å²) in [7, 11) is 3.26. The number of ether oxygens (including phenoxy) is 2. The van der Waals surface area contributed by atoms with Gasteiger partial charge in [-0.1, -0.05) is 23.2 Å². The standard InChI is InChI=1S/C21H21Cl2N3O2/c1-27-18-9-6-13(11-19(18)28-2)20-15-5-3-4-10-24-21(15)26(25-20)17-8-7-14(22)12-16(17)23/h6-9,11-12,24H,3-5,10H2,1-2H3. The molecule has 0 spiro atoms. The molecule has 1 aliphatic heterocycles. The van der Waals surface area contributed by atoms with Gasteiger partial charge < -0.3 is 14.8 Å². The number of benzene rings is 2. The van der Waals surface area contributed by atoms with Crippen molar-refractivity contribution in [3.05, 3.63) is 52.0 Å². The number of hydrogen-bond acceptors (Lipinski definition) is 4. The smallest absolute Gasteiger partial charge is 0.161 e. The monoisotopic (exact) mass is 417 g/mol. The number of hydrogen-bond donors (Lipinski definition) is 1. The first-order valence-corrected chi connectivity index (χ1v) is 9.91. The molecular formula is C21H21Cl2N3O2. The van der Waals surface area contributed by atoms with Crippen molar-refractivity contribution < 1.29 is 9.47 Å². The number of nitrogens with zero attached hydrogens (tertiary/aromatic N) is 2. The van der Waals surface area contributed by atoms with Gasteiger partial charge in [-0.3, -0.25) is 0 Å². The van der Waals surface area contributed by atoms with Crippen molar-refractivity contribution in [2.75, 3.05) is 26.1 Å². The van der Waals surface area contributed by atoms with Crippen LogP contribution in [0.3, 0.4) is 0 Å². The lowest BCUT2D eigenvalue weighted by Gasteiger charge is -2.10. The van der Waals surface area contributed by atoms with Crippen molar-refractivity contribution in [1.29, 1.82) is 0 Å². The summed E-state index contributed by atoms with van der Waals surface area (Å²) in [6, 6.07) is 11.3. The number of nitrogens with one attached hydrogen (secondary N) is 1. The molecule has 1 N–H and O–H groups in total. The number of rotatable bonds is 4. The van der Waals surface area contributed by atoms with Crippen LogP contribution in [0.4, 0.5) is 5.82 Å². The van der Waals surface area contributed by atoms with Crippen molar-refractivity contribution in [2.45, 2.75) is 19.3 Å². The SMILES string of the molecule is COc1ccc(-c2nn(-c3ccc(Cl)cc3Cl)c3c2CCCCN3)cc1OC. The minimum Gasteiger partial charge on any atom is -0.493 e. The predicted octanol–water partition coefficient (Wildman–Crippen LogP) is 5.61. The summed E-state index contributed by atoms with van der Waals surface area (Å²) in [5.74, 6) is 2.34. The van der Waals surface area contributed by atoms with E-state index in [4.69, 9.17) is 37.8 Å². The second-order valence-electron chi connectivity index (χ2n) is 6.64. The summed E-state index contributed by atoms with van der Waals surface area (Å²) in [5.41, 5.74) is 3.86. The van der Waals surface area contributed by atoms with Gasteiger partial charge in [0.2, 0.25) is 0 Å². The van der Waals surface area contributed by atoms with Crippen molar-refractivity contribution in [2.24, 2.45) is 0 Å². The van der Waals surface area contributed by atoms with Crippen molar-refractivity contribution >= 4 is 29.0 Å². The van der Waals surface area contributed by atoms with Gasteiger partial charge in [-0.2, -0.15) is 5.10 Å². The largest absolute Gasteiger partial charge is 0.493 e. The maximum absolute atomic E-state index is 6.48. The molecule has 28 heavy (non-hydrogen) atoms. The zero-order chi connectivity index (χ0) is 19.7. The summed E-state index contributed by atoms with van der Waals surface area (Å²) in [6.07, 6.45) is 3.14. The third kappa shape index (κ3) is 3.40. The molecule has 2 heterocycles. The Kier molecular flexibility index (Phi) is 5.38. The fraction of sp³-hybridized carbons (Fsp3) is 0.286. The molecule has 0 aliphatic carbocycles. The topological polar surface area (TPSA) is 48.3 Å². The lowest BCUT2D eigenvalue weighted by Crippen LogP contribution is -2.07. The Morgan fingerprint density at radius 2 is 1.82 bits per heavy atom. The molecule has 0 bridgehead atoms. The third-order valence-corrected chi connectivity index (χ3v) is 5.46. The van der Waals surface area contributed by atoms with Gasteiger partial charge in [0.25, 0.3) is 0 Å². The summed E-state index contributed by atoms with van der Waals surface area (Å²) < 4.78 is 12.7. The lowest BCUT2D eigenvalue weighted by molar-refractivity contribution is 0.355. The molecule has 5 nitrogen and oxygen atoms in total. The molecule has 7 heteroatoms. The first-order chi connectivity index (χ1) is 13.6. The minimum absolute atomic E-state index is 0.558. The van der Waals surface area contributed by atoms with Gasteiger partial charge in [0.1, 0.15) is 5.82 Å². The van der Waals surface area contributed by atoms with Crippen LogP contribution in [-0.4, -0.2) is 30.5 Å². The van der Waals surface area contributed by atoms with Crippen LogP contribution >= 0.6 is 23.2 Å². The molecule has 1 aliphatic rings. The van der Waals surface area contributed by atoms with Gasteiger partial charge in [-0.25, -0.2) is 4.68 Å². The fourth-order valence-electron chi connectivity index (χ4n) is 3.55. The van der Waals surface area contributed by atoms with Crippen LogP contribution in [0.25, 0.3) is 16.9 Å². The fourth-order valence-corrected chi connectivity index (χ4v) is 4.03. The van der Waals surface area contributed by atoms with E-state index in [1.54, 1.807) is 20.3 Å². The molecule has 3 aromatic rings. The van der Waals surface area contributed by atoms with Crippen LogP contribution in [0.15, 0.2) is 36.4 Å². The first kappa shape index (κ1) is 19.0. The number of anilines is 1. The molecule has 0 saturated heterocycles. The highest BCUT2D eigenvalue weighted by Gasteiger charge is 2.23. The van der Waals surface area contributed by atoms with Crippen LogP contribution < -0.4 is 14.8 Å². The van der Waals surface area contributed by atoms with Crippen molar-refractivity contribution in [3.63, 3.8) is 0 Å². The van der Waals surface area contributed by atoms with Gasteiger partial charge in [-0.05, 0) is 55.7 Å². The maximum atomic E-state index is 6.48. The van der Waals surface area contributed by atoms with E-state index in [0.717, 1.165) is 48.6 Å². The van der Waals surface area contributed by atoms with E-state index in [9.17, 15) is 0 Å². The zero-order valence-corrected chi connectivity index (χ0v) is 17.3. The van der Waals surface area contributed by atoms with Crippen LogP contribution in [0.2, 0.25) is 10.0 Å². The van der Waals surface area contributed by atoms with E-state index in [1.807, 2.05) is 35.0 Å². The Bertz CT molecular complexity index is 1020. The predicted molar refractivity (Wildman–Crippen MR) is 114 cm³/mol. The van der Waals surface area contributed by atoms with E-state index in [1.165, 1.54) is 5.56 Å². The Morgan fingerprint density at radius 1 is 1.00 bits per heavy atom. The van der Waals surface area contributed by atoms with Crippen LogP contribution in [0.5, 0.6) is 11.5 Å². The Balaban J connectivity index is 1.90. The quantitative estimate of drug-likeness (QED) is 0.598. The highest BCUT2D eigenvalue weighted by molar-refractivity contribution is 6.35. The summed E-state index contributed by atoms with van der Waals surface area (Å²) in [6.45, 7) is 0.898. The molecule has 0 fully saturated rings. The molecule has 0 radical (unpaired) electrons. The molecule has 1 aromatic heterocycles. The average Bonchev–Trinajstić information content (AvgIpc) is 2.88. The lowest BCUT2D eigenvalue weighted by atomic mass is 10.0. The summed E-state index contributed by atoms with van der Waals surface area (Å²) in [5, 5.41) is 9.61. The van der Waals surface area contributed by atoms with E-state index in [2.05, 4.69) is 5.32 Å². The Morgan fingerprint density at radius 3 is 2.57 bits per heavy atom.